The highest BCUT2D eigenvalue weighted by atomic mass is 16.5. The van der Waals surface area contributed by atoms with Gasteiger partial charge in [-0.2, -0.15) is 5.10 Å². The van der Waals surface area contributed by atoms with Gasteiger partial charge in [-0.15, -0.1) is 0 Å². The molecule has 0 amide bonds. The zero-order valence-electron chi connectivity index (χ0n) is 15.9. The number of hydrogen-bond donors (Lipinski definition) is 1. The van der Waals surface area contributed by atoms with Crippen LogP contribution in [0.25, 0.3) is 0 Å². The molecule has 2 aromatic carbocycles. The maximum absolute atomic E-state index is 6.64. The van der Waals surface area contributed by atoms with Gasteiger partial charge in [0.25, 0.3) is 0 Å². The Bertz CT molecular complexity index is 887. The van der Waals surface area contributed by atoms with Gasteiger partial charge in [-0.25, -0.2) is 5.01 Å². The molecule has 140 valence electrons. The van der Waals surface area contributed by atoms with Gasteiger partial charge in [-0.05, 0) is 18.2 Å². The van der Waals surface area contributed by atoms with Crippen molar-refractivity contribution >= 4 is 5.71 Å². The summed E-state index contributed by atoms with van der Waals surface area (Å²) in [7, 11) is 3.98. The third kappa shape index (κ3) is 2.60. The van der Waals surface area contributed by atoms with E-state index < -0.39 is 0 Å². The van der Waals surface area contributed by atoms with Crippen LogP contribution in [0.5, 0.6) is 11.5 Å². The molecule has 0 bridgehead atoms. The molecule has 0 unspecified atom stereocenters. The summed E-state index contributed by atoms with van der Waals surface area (Å²) in [6.45, 7) is 2.20. The molecule has 1 saturated heterocycles. The van der Waals surface area contributed by atoms with Gasteiger partial charge in [0.05, 0.1) is 51.8 Å². The average Bonchev–Trinajstić information content (AvgIpc) is 3.17. The van der Waals surface area contributed by atoms with Gasteiger partial charge in [0.2, 0.25) is 5.72 Å². The SMILES string of the molecule is COc1ccccc1C1=NN2[C@H](C1)c1ccccc1OC21CC[NH+](C)CC1. The van der Waals surface area contributed by atoms with E-state index in [0.29, 0.717) is 0 Å². The fraction of sp³-hybridized carbons (Fsp3) is 0.409. The van der Waals surface area contributed by atoms with Crippen LogP contribution in [0.2, 0.25) is 0 Å². The van der Waals surface area contributed by atoms with Gasteiger partial charge < -0.3 is 14.4 Å². The molecule has 0 aromatic heterocycles. The Hall–Kier alpha value is -2.53. The molecule has 3 aliphatic heterocycles. The van der Waals surface area contributed by atoms with Gasteiger partial charge in [0, 0.05) is 17.5 Å². The number of hydrogen-bond acceptors (Lipinski definition) is 4. The quantitative estimate of drug-likeness (QED) is 0.888. The van der Waals surface area contributed by atoms with Gasteiger partial charge in [0.15, 0.2) is 0 Å². The number of hydrazone groups is 1. The van der Waals surface area contributed by atoms with E-state index >= 15 is 0 Å². The van der Waals surface area contributed by atoms with Crippen LogP contribution in [0.4, 0.5) is 0 Å². The molecule has 1 atom stereocenters. The minimum Gasteiger partial charge on any atom is -0.496 e. The highest BCUT2D eigenvalue weighted by molar-refractivity contribution is 6.04. The molecule has 5 heteroatoms. The number of fused-ring (bicyclic) bond motifs is 4. The van der Waals surface area contributed by atoms with Crippen LogP contribution in [0.15, 0.2) is 53.6 Å². The first-order valence-corrected chi connectivity index (χ1v) is 9.80. The van der Waals surface area contributed by atoms with Crippen LogP contribution in [0, 0.1) is 0 Å². The van der Waals surface area contributed by atoms with Gasteiger partial charge in [0.1, 0.15) is 11.5 Å². The summed E-state index contributed by atoms with van der Waals surface area (Å²) >= 11 is 0. The first kappa shape index (κ1) is 16.6. The number of methoxy groups -OCH3 is 1. The zero-order valence-corrected chi connectivity index (χ0v) is 15.9. The standard InChI is InChI=1S/C22H25N3O2/c1-24-13-11-22(12-14-24)25-19(17-8-4-6-10-21(17)27-22)15-18(23-25)16-7-3-5-9-20(16)26-2/h3-10,19H,11-15H2,1-2H3/p+1/t19-/m1/s1. The van der Waals surface area contributed by atoms with E-state index in [1.165, 1.54) is 5.56 Å². The number of nitrogens with zero attached hydrogens (tertiary/aromatic N) is 2. The van der Waals surface area contributed by atoms with Crippen molar-refractivity contribution in [1.29, 1.82) is 0 Å². The van der Waals surface area contributed by atoms with Gasteiger partial charge in [-0.3, -0.25) is 0 Å². The Kier molecular flexibility index (Phi) is 3.86. The van der Waals surface area contributed by atoms with Crippen molar-refractivity contribution in [2.24, 2.45) is 5.10 Å². The lowest BCUT2D eigenvalue weighted by Crippen LogP contribution is -3.11. The van der Waals surface area contributed by atoms with Gasteiger partial charge >= 0.3 is 0 Å². The molecule has 0 aliphatic carbocycles. The highest BCUT2D eigenvalue weighted by Gasteiger charge is 2.52. The summed E-state index contributed by atoms with van der Waals surface area (Å²) < 4.78 is 12.2. The van der Waals surface area contributed by atoms with Crippen LogP contribution < -0.4 is 14.4 Å². The van der Waals surface area contributed by atoms with Crippen molar-refractivity contribution in [2.75, 3.05) is 27.2 Å². The predicted octanol–water partition coefficient (Wildman–Crippen LogP) is 2.24. The summed E-state index contributed by atoms with van der Waals surface area (Å²) in [5.41, 5.74) is 3.08. The maximum atomic E-state index is 6.64. The fourth-order valence-corrected chi connectivity index (χ4v) is 4.67. The van der Waals surface area contributed by atoms with Crippen molar-refractivity contribution < 1.29 is 14.4 Å². The number of quaternary nitrogens is 1. The molecule has 5 nitrogen and oxygen atoms in total. The van der Waals surface area contributed by atoms with E-state index in [1.54, 1.807) is 12.0 Å². The summed E-state index contributed by atoms with van der Waals surface area (Å²) in [6, 6.07) is 16.9. The summed E-state index contributed by atoms with van der Waals surface area (Å²) in [6.07, 6.45) is 2.87. The first-order valence-electron chi connectivity index (χ1n) is 9.80. The van der Waals surface area contributed by atoms with E-state index in [0.717, 1.165) is 55.1 Å². The average molecular weight is 364 g/mol. The lowest BCUT2D eigenvalue weighted by Gasteiger charge is -2.49. The lowest BCUT2D eigenvalue weighted by molar-refractivity contribution is -0.888. The predicted molar refractivity (Wildman–Crippen MR) is 104 cm³/mol. The smallest absolute Gasteiger partial charge is 0.208 e. The minimum atomic E-state index is -0.331. The van der Waals surface area contributed by atoms with E-state index in [4.69, 9.17) is 14.6 Å². The second-order valence-electron chi connectivity index (χ2n) is 7.85. The summed E-state index contributed by atoms with van der Waals surface area (Å²) in [5, 5.41) is 7.39. The second kappa shape index (κ2) is 6.27. The molecule has 5 rings (SSSR count). The Balaban J connectivity index is 1.59. The Labute approximate surface area is 160 Å². The number of nitrogens with one attached hydrogen (secondary N) is 1. The van der Waals surface area contributed by atoms with Crippen molar-refractivity contribution in [3.05, 3.63) is 59.7 Å². The Morgan fingerprint density at radius 1 is 1.11 bits per heavy atom. The van der Waals surface area contributed by atoms with Crippen LogP contribution in [-0.2, 0) is 0 Å². The van der Waals surface area contributed by atoms with Crippen molar-refractivity contribution in [3.8, 4) is 11.5 Å². The topological polar surface area (TPSA) is 38.5 Å². The summed E-state index contributed by atoms with van der Waals surface area (Å²) in [4.78, 5) is 1.56. The molecule has 27 heavy (non-hydrogen) atoms. The van der Waals surface area contributed by atoms with Crippen LogP contribution in [0.1, 0.15) is 36.4 Å². The van der Waals surface area contributed by atoms with Crippen LogP contribution >= 0.6 is 0 Å². The van der Waals surface area contributed by atoms with Crippen molar-refractivity contribution in [1.82, 2.24) is 5.01 Å². The maximum Gasteiger partial charge on any atom is 0.208 e. The number of piperidine rings is 1. The van der Waals surface area contributed by atoms with E-state index in [2.05, 4.69) is 48.5 Å². The van der Waals surface area contributed by atoms with Crippen molar-refractivity contribution in [3.63, 3.8) is 0 Å². The fourth-order valence-electron chi connectivity index (χ4n) is 4.67. The normalized spacial score (nSPS) is 29.0. The Morgan fingerprint density at radius 2 is 1.85 bits per heavy atom. The number of para-hydroxylation sites is 2. The monoisotopic (exact) mass is 364 g/mol. The van der Waals surface area contributed by atoms with Crippen LogP contribution in [0.3, 0.4) is 0 Å². The molecule has 0 saturated carbocycles. The molecule has 1 N–H and O–H groups in total. The second-order valence-corrected chi connectivity index (χ2v) is 7.85. The molecule has 1 fully saturated rings. The molecular weight excluding hydrogens is 338 g/mol. The zero-order chi connectivity index (χ0) is 18.4. The third-order valence-corrected chi connectivity index (χ3v) is 6.21. The first-order chi connectivity index (χ1) is 13.2. The highest BCUT2D eigenvalue weighted by Crippen LogP contribution is 2.49. The van der Waals surface area contributed by atoms with E-state index in [9.17, 15) is 0 Å². The molecule has 1 spiro atoms. The number of rotatable bonds is 2. The molecule has 0 radical (unpaired) electrons. The van der Waals surface area contributed by atoms with Crippen LogP contribution in [-0.4, -0.2) is 43.7 Å². The largest absolute Gasteiger partial charge is 0.496 e. The molecular formula is C22H26N3O2+. The van der Waals surface area contributed by atoms with Gasteiger partial charge in [-0.1, -0.05) is 30.3 Å². The molecule has 3 aliphatic rings. The van der Waals surface area contributed by atoms with Crippen molar-refractivity contribution in [2.45, 2.75) is 31.0 Å². The number of likely N-dealkylation sites (tertiary alicyclic amines) is 1. The summed E-state index contributed by atoms with van der Waals surface area (Å²) in [5.74, 6) is 1.90. The molecule has 2 aromatic rings. The molecule has 3 heterocycles. The third-order valence-electron chi connectivity index (χ3n) is 6.21. The van der Waals surface area contributed by atoms with E-state index in [1.807, 2.05) is 12.1 Å². The van der Waals surface area contributed by atoms with E-state index in [-0.39, 0.29) is 11.8 Å². The number of ether oxygens (including phenoxy) is 2. The number of benzene rings is 2. The lowest BCUT2D eigenvalue weighted by atomic mass is 9.91. The Morgan fingerprint density at radius 3 is 2.67 bits per heavy atom. The minimum absolute atomic E-state index is 0.230.